The second kappa shape index (κ2) is 2.53. The number of fused-ring (bicyclic) bond motifs is 1. The molecule has 0 unspecified atom stereocenters. The van der Waals surface area contributed by atoms with E-state index in [-0.39, 0.29) is 10.8 Å². The molecule has 0 saturated heterocycles. The van der Waals surface area contributed by atoms with Crippen LogP contribution in [0.1, 0.15) is 10.5 Å². The molecule has 0 aliphatic rings. The summed E-state index contributed by atoms with van der Waals surface area (Å²) in [4.78, 5) is 14.1. The van der Waals surface area contributed by atoms with Gasteiger partial charge in [-0.25, -0.2) is 4.98 Å². The Morgan fingerprint density at radius 2 is 2.42 bits per heavy atom. The van der Waals surface area contributed by atoms with Crippen LogP contribution >= 0.6 is 11.6 Å². The summed E-state index contributed by atoms with van der Waals surface area (Å²) in [6.45, 7) is 0. The first-order valence-electron chi connectivity index (χ1n) is 3.12. The molecule has 2 rings (SSSR count). The van der Waals surface area contributed by atoms with Crippen LogP contribution in [-0.2, 0) is 0 Å². The van der Waals surface area contributed by atoms with Crippen LogP contribution in [0.25, 0.3) is 5.65 Å². The Kier molecular flexibility index (Phi) is 1.51. The maximum Gasteiger partial charge on any atom is 0.198 e. The molecule has 0 saturated carbocycles. The lowest BCUT2D eigenvalue weighted by Gasteiger charge is -1.94. The minimum atomic E-state index is 0.178. The molecule has 0 radical (unpaired) electrons. The summed E-state index contributed by atoms with van der Waals surface area (Å²) in [5.41, 5.74) is 0.703. The first-order chi connectivity index (χ1) is 5.81. The third kappa shape index (κ3) is 0.947. The topological polar surface area (TPSA) is 60.2 Å². The van der Waals surface area contributed by atoms with Gasteiger partial charge in [-0.05, 0) is 0 Å². The summed E-state index contributed by atoms with van der Waals surface area (Å²) in [5, 5.41) is 7.48. The van der Waals surface area contributed by atoms with E-state index in [4.69, 9.17) is 11.6 Å². The number of aromatic nitrogens is 4. The quantitative estimate of drug-likeness (QED) is 0.606. The molecule has 0 amide bonds. The molecule has 0 spiro atoms. The summed E-state index contributed by atoms with van der Waals surface area (Å²) < 4.78 is 1.54. The fourth-order valence-electron chi connectivity index (χ4n) is 0.876. The third-order valence-electron chi connectivity index (χ3n) is 1.38. The first kappa shape index (κ1) is 7.17. The second-order valence-electron chi connectivity index (χ2n) is 2.14. The molecule has 2 heterocycles. The van der Waals surface area contributed by atoms with Crippen LogP contribution in [0.2, 0.25) is 5.15 Å². The number of carbonyl (C=O) groups is 1. The smallest absolute Gasteiger partial charge is 0.198 e. The van der Waals surface area contributed by atoms with E-state index < -0.39 is 0 Å². The molecule has 0 aromatic carbocycles. The molecule has 0 atom stereocenters. The third-order valence-corrected chi connectivity index (χ3v) is 1.63. The Morgan fingerprint density at radius 1 is 1.58 bits per heavy atom. The van der Waals surface area contributed by atoms with E-state index in [0.29, 0.717) is 11.9 Å². The van der Waals surface area contributed by atoms with Gasteiger partial charge < -0.3 is 0 Å². The van der Waals surface area contributed by atoms with E-state index in [0.717, 1.165) is 0 Å². The lowest BCUT2D eigenvalue weighted by atomic mass is 10.5. The fourth-order valence-corrected chi connectivity index (χ4v) is 1.11. The monoisotopic (exact) mass is 182 g/mol. The van der Waals surface area contributed by atoms with Gasteiger partial charge in [0.15, 0.2) is 17.1 Å². The zero-order valence-corrected chi connectivity index (χ0v) is 6.56. The van der Waals surface area contributed by atoms with Crippen molar-refractivity contribution >= 4 is 23.5 Å². The molecule has 2 aromatic heterocycles. The van der Waals surface area contributed by atoms with Crippen molar-refractivity contribution in [2.45, 2.75) is 0 Å². The first-order valence-corrected chi connectivity index (χ1v) is 3.50. The normalized spacial score (nSPS) is 10.4. The zero-order valence-electron chi connectivity index (χ0n) is 5.81. The molecule has 60 valence electrons. The van der Waals surface area contributed by atoms with E-state index in [1.54, 1.807) is 4.40 Å². The zero-order chi connectivity index (χ0) is 8.55. The molecule has 0 fully saturated rings. The van der Waals surface area contributed by atoms with E-state index in [1.165, 1.54) is 12.5 Å². The number of hydrogen-bond donors (Lipinski definition) is 0. The van der Waals surface area contributed by atoms with Crippen molar-refractivity contribution in [2.75, 3.05) is 0 Å². The van der Waals surface area contributed by atoms with Gasteiger partial charge in [-0.2, -0.15) is 0 Å². The number of halogens is 1. The highest BCUT2D eigenvalue weighted by Crippen LogP contribution is 2.11. The molecule has 12 heavy (non-hydrogen) atoms. The maximum atomic E-state index is 10.3. The van der Waals surface area contributed by atoms with Crippen LogP contribution in [0.4, 0.5) is 0 Å². The molecular formula is C6H3ClN4O. The molecule has 2 aromatic rings. The standard InChI is InChI=1S/C6H3ClN4O/c7-5-6-10-8-3-11(6)1-4(2-12)9-5/h1-3H. The minimum absolute atomic E-state index is 0.178. The summed E-state index contributed by atoms with van der Waals surface area (Å²) in [7, 11) is 0. The Labute approximate surface area is 72.0 Å². The second-order valence-corrected chi connectivity index (χ2v) is 2.49. The summed E-state index contributed by atoms with van der Waals surface area (Å²) in [5.74, 6) is 0. The van der Waals surface area contributed by atoms with Gasteiger partial charge >= 0.3 is 0 Å². The molecule has 0 N–H and O–H groups in total. The van der Waals surface area contributed by atoms with Gasteiger partial charge in [0, 0.05) is 6.20 Å². The average molecular weight is 183 g/mol. The van der Waals surface area contributed by atoms with Crippen LogP contribution in [0.5, 0.6) is 0 Å². The predicted molar refractivity (Wildman–Crippen MR) is 41.2 cm³/mol. The lowest BCUT2D eigenvalue weighted by molar-refractivity contribution is 0.111. The van der Waals surface area contributed by atoms with E-state index in [2.05, 4.69) is 15.2 Å². The van der Waals surface area contributed by atoms with Crippen LogP contribution in [0.15, 0.2) is 12.5 Å². The van der Waals surface area contributed by atoms with Gasteiger partial charge in [-0.15, -0.1) is 10.2 Å². The highest BCUT2D eigenvalue weighted by molar-refractivity contribution is 6.32. The molecule has 5 nitrogen and oxygen atoms in total. The SMILES string of the molecule is O=Cc1cn2cnnc2c(Cl)n1. The summed E-state index contributed by atoms with van der Waals surface area (Å²) in [6.07, 6.45) is 3.58. The predicted octanol–water partition coefficient (Wildman–Crippen LogP) is 0.590. The number of nitrogens with zero attached hydrogens (tertiary/aromatic N) is 4. The van der Waals surface area contributed by atoms with Gasteiger partial charge in [-0.1, -0.05) is 11.6 Å². The van der Waals surface area contributed by atoms with Crippen molar-refractivity contribution in [2.24, 2.45) is 0 Å². The Morgan fingerprint density at radius 3 is 3.17 bits per heavy atom. The molecular weight excluding hydrogens is 180 g/mol. The molecule has 0 aliphatic heterocycles. The van der Waals surface area contributed by atoms with Crippen molar-refractivity contribution < 1.29 is 4.79 Å². The summed E-state index contributed by atoms with van der Waals surface area (Å²) >= 11 is 5.69. The van der Waals surface area contributed by atoms with Gasteiger partial charge in [0.2, 0.25) is 0 Å². The fraction of sp³-hybridized carbons (Fsp3) is 0. The Hall–Kier alpha value is -1.49. The Bertz CT molecular complexity index is 438. The van der Waals surface area contributed by atoms with Crippen LogP contribution in [-0.4, -0.2) is 25.9 Å². The lowest BCUT2D eigenvalue weighted by Crippen LogP contribution is -1.93. The van der Waals surface area contributed by atoms with Crippen molar-refractivity contribution in [3.63, 3.8) is 0 Å². The minimum Gasteiger partial charge on any atom is -0.296 e. The Balaban J connectivity index is 2.83. The van der Waals surface area contributed by atoms with Gasteiger partial charge in [0.05, 0.1) is 0 Å². The highest BCUT2D eigenvalue weighted by Gasteiger charge is 2.04. The number of aldehydes is 1. The van der Waals surface area contributed by atoms with Crippen LogP contribution < -0.4 is 0 Å². The van der Waals surface area contributed by atoms with Crippen molar-refractivity contribution in [1.82, 2.24) is 19.6 Å². The summed E-state index contributed by atoms with van der Waals surface area (Å²) in [6, 6.07) is 0. The largest absolute Gasteiger partial charge is 0.296 e. The molecule has 0 aliphatic carbocycles. The van der Waals surface area contributed by atoms with Gasteiger partial charge in [-0.3, -0.25) is 9.20 Å². The molecule has 0 bridgehead atoms. The molecule has 6 heteroatoms. The van der Waals surface area contributed by atoms with Gasteiger partial charge in [0.25, 0.3) is 0 Å². The maximum absolute atomic E-state index is 10.3. The van der Waals surface area contributed by atoms with Crippen LogP contribution in [0.3, 0.4) is 0 Å². The average Bonchev–Trinajstić information content (AvgIpc) is 2.52. The van der Waals surface area contributed by atoms with E-state index in [9.17, 15) is 4.79 Å². The number of rotatable bonds is 1. The van der Waals surface area contributed by atoms with E-state index >= 15 is 0 Å². The van der Waals surface area contributed by atoms with Crippen molar-refractivity contribution in [1.29, 1.82) is 0 Å². The number of hydrogen-bond acceptors (Lipinski definition) is 4. The van der Waals surface area contributed by atoms with E-state index in [1.807, 2.05) is 0 Å². The van der Waals surface area contributed by atoms with Crippen molar-refractivity contribution in [3.8, 4) is 0 Å². The highest BCUT2D eigenvalue weighted by atomic mass is 35.5. The van der Waals surface area contributed by atoms with Crippen molar-refractivity contribution in [3.05, 3.63) is 23.4 Å². The van der Waals surface area contributed by atoms with Gasteiger partial charge in [0.1, 0.15) is 12.0 Å². The number of carbonyl (C=O) groups excluding carboxylic acids is 1. The van der Waals surface area contributed by atoms with Crippen LogP contribution in [0, 0.1) is 0 Å².